The fourth-order valence-electron chi connectivity index (χ4n) is 3.99. The zero-order chi connectivity index (χ0) is 29.5. The summed E-state index contributed by atoms with van der Waals surface area (Å²) in [5.74, 6) is -2.97. The normalized spacial score (nSPS) is 12.7. The van der Waals surface area contributed by atoms with E-state index < -0.39 is 44.7 Å². The highest BCUT2D eigenvalue weighted by molar-refractivity contribution is 7.94. The maximum absolute atomic E-state index is 15.5. The number of nitrogens with zero attached hydrogens (tertiary/aromatic N) is 1. The summed E-state index contributed by atoms with van der Waals surface area (Å²) >= 11 is 0.793. The van der Waals surface area contributed by atoms with Gasteiger partial charge in [0.2, 0.25) is 5.91 Å². The second-order valence-electron chi connectivity index (χ2n) is 10.0. The largest absolute Gasteiger partial charge is 0.416 e. The molecule has 0 aliphatic heterocycles. The third kappa shape index (κ3) is 6.67. The molecular weight excluding hydrogens is 556 g/mol. The summed E-state index contributed by atoms with van der Waals surface area (Å²) in [6.45, 7) is 9.55. The lowest BCUT2D eigenvalue weighted by Gasteiger charge is -2.20. The van der Waals surface area contributed by atoms with Crippen molar-refractivity contribution in [1.82, 2.24) is 4.98 Å². The molecule has 0 aliphatic carbocycles. The van der Waals surface area contributed by atoms with Crippen molar-refractivity contribution in [1.29, 1.82) is 0 Å². The van der Waals surface area contributed by atoms with E-state index in [1.807, 2.05) is 0 Å². The van der Waals surface area contributed by atoms with Crippen LogP contribution in [0.4, 0.5) is 23.2 Å². The highest BCUT2D eigenvalue weighted by Crippen LogP contribution is 2.39. The van der Waals surface area contributed by atoms with E-state index in [2.05, 4.69) is 10.3 Å². The van der Waals surface area contributed by atoms with Crippen LogP contribution in [-0.4, -0.2) is 30.2 Å². The van der Waals surface area contributed by atoms with Crippen LogP contribution in [-0.2, 0) is 32.8 Å². The molecule has 0 saturated heterocycles. The molecule has 212 valence electrons. The van der Waals surface area contributed by atoms with Gasteiger partial charge in [-0.05, 0) is 62.4 Å². The highest BCUT2D eigenvalue weighted by atomic mass is 32.2. The third-order valence-corrected chi connectivity index (χ3v) is 9.70. The fraction of sp³-hybridized carbons (Fsp3) is 0.407. The first-order valence-electron chi connectivity index (χ1n) is 12.1. The number of aliphatic hydroxyl groups is 1. The number of rotatable bonds is 8. The van der Waals surface area contributed by atoms with E-state index in [0.29, 0.717) is 5.56 Å². The number of alkyl halides is 3. The average molecular weight is 587 g/mol. The smallest absolute Gasteiger partial charge is 0.383 e. The van der Waals surface area contributed by atoms with Gasteiger partial charge in [-0.1, -0.05) is 32.9 Å². The molecule has 6 nitrogen and oxygen atoms in total. The summed E-state index contributed by atoms with van der Waals surface area (Å²) in [5.41, 5.74) is -1.63. The van der Waals surface area contributed by atoms with Gasteiger partial charge in [-0.25, -0.2) is 17.8 Å². The second kappa shape index (κ2) is 11.0. The van der Waals surface area contributed by atoms with E-state index >= 15 is 4.39 Å². The van der Waals surface area contributed by atoms with Gasteiger partial charge in [-0.2, -0.15) is 13.2 Å². The number of amides is 1. The summed E-state index contributed by atoms with van der Waals surface area (Å²) < 4.78 is 81.4. The molecule has 0 fully saturated rings. The van der Waals surface area contributed by atoms with Crippen LogP contribution in [0.1, 0.15) is 67.9 Å². The lowest BCUT2D eigenvalue weighted by molar-refractivity contribution is -0.137. The molecule has 0 saturated carbocycles. The van der Waals surface area contributed by atoms with Crippen molar-refractivity contribution in [3.63, 3.8) is 0 Å². The van der Waals surface area contributed by atoms with Gasteiger partial charge >= 0.3 is 6.18 Å². The number of sulfone groups is 1. The molecule has 3 rings (SSSR count). The van der Waals surface area contributed by atoms with Gasteiger partial charge in [0.1, 0.15) is 26.4 Å². The van der Waals surface area contributed by atoms with E-state index in [0.717, 1.165) is 23.5 Å². The van der Waals surface area contributed by atoms with Crippen molar-refractivity contribution < 1.29 is 35.9 Å². The summed E-state index contributed by atoms with van der Waals surface area (Å²) in [4.78, 5) is 17.2. The van der Waals surface area contributed by atoms with Gasteiger partial charge < -0.3 is 10.4 Å². The van der Waals surface area contributed by atoms with Crippen LogP contribution < -0.4 is 5.32 Å². The van der Waals surface area contributed by atoms with Gasteiger partial charge in [0.25, 0.3) is 0 Å². The Bertz CT molecular complexity index is 1510. The Morgan fingerprint density at radius 1 is 1.18 bits per heavy atom. The molecule has 1 amide bonds. The minimum atomic E-state index is -4.61. The minimum absolute atomic E-state index is 0.0210. The van der Waals surface area contributed by atoms with E-state index in [-0.39, 0.29) is 49.6 Å². The van der Waals surface area contributed by atoms with Crippen molar-refractivity contribution in [2.75, 3.05) is 11.1 Å². The van der Waals surface area contributed by atoms with Gasteiger partial charge in [0, 0.05) is 11.1 Å². The maximum Gasteiger partial charge on any atom is 0.416 e. The first-order chi connectivity index (χ1) is 17.9. The van der Waals surface area contributed by atoms with Crippen molar-refractivity contribution in [2.24, 2.45) is 0 Å². The molecule has 1 heterocycles. The van der Waals surface area contributed by atoms with Gasteiger partial charge in [0.05, 0.1) is 16.9 Å². The molecule has 1 aromatic heterocycles. The number of benzene rings is 2. The Morgan fingerprint density at radius 3 is 2.36 bits per heavy atom. The number of thiazole rings is 1. The minimum Gasteiger partial charge on any atom is -0.383 e. The van der Waals surface area contributed by atoms with Crippen molar-refractivity contribution in [3.05, 3.63) is 63.5 Å². The van der Waals surface area contributed by atoms with Crippen LogP contribution in [0.5, 0.6) is 0 Å². The number of aryl methyl sites for hydroxylation is 1. The molecule has 2 N–H and O–H groups in total. The Labute approximate surface area is 229 Å². The summed E-state index contributed by atoms with van der Waals surface area (Å²) in [6.07, 6.45) is -4.34. The number of carbonyl (C=O) groups is 1. The van der Waals surface area contributed by atoms with Crippen molar-refractivity contribution >= 4 is 32.8 Å². The van der Waals surface area contributed by atoms with Crippen LogP contribution in [0.25, 0.3) is 11.1 Å². The first-order valence-corrected chi connectivity index (χ1v) is 14.6. The molecule has 3 aromatic rings. The van der Waals surface area contributed by atoms with Crippen molar-refractivity contribution in [3.8, 4) is 11.1 Å². The van der Waals surface area contributed by atoms with E-state index in [4.69, 9.17) is 0 Å². The topological polar surface area (TPSA) is 96.4 Å². The highest BCUT2D eigenvalue weighted by Gasteiger charge is 2.32. The summed E-state index contributed by atoms with van der Waals surface area (Å²) in [6, 6.07) is 5.68. The summed E-state index contributed by atoms with van der Waals surface area (Å²) in [7, 11) is -4.16. The Hall–Kier alpha value is -2.83. The van der Waals surface area contributed by atoms with Gasteiger partial charge in [-0.3, -0.25) is 4.79 Å². The number of aromatic nitrogens is 1. The molecular formula is C27H30F4N2O4S2. The third-order valence-electron chi connectivity index (χ3n) is 6.04. The predicted octanol–water partition coefficient (Wildman–Crippen LogP) is 6.60. The second-order valence-corrected chi connectivity index (χ2v) is 13.2. The number of carbonyl (C=O) groups excluding carboxylic acids is 1. The zero-order valence-electron chi connectivity index (χ0n) is 22.3. The average Bonchev–Trinajstić information content (AvgIpc) is 3.28. The van der Waals surface area contributed by atoms with Gasteiger partial charge in [-0.15, -0.1) is 11.3 Å². The van der Waals surface area contributed by atoms with E-state index in [1.165, 1.54) is 39.0 Å². The van der Waals surface area contributed by atoms with Gasteiger partial charge in [0.15, 0.2) is 9.84 Å². The van der Waals surface area contributed by atoms with Crippen LogP contribution in [0.3, 0.4) is 0 Å². The number of hydrogen-bond acceptors (Lipinski definition) is 6. The fourth-order valence-corrected chi connectivity index (χ4v) is 6.90. The number of anilines is 1. The Morgan fingerprint density at radius 2 is 1.82 bits per heavy atom. The molecule has 0 bridgehead atoms. The first kappa shape index (κ1) is 30.7. The van der Waals surface area contributed by atoms with Crippen LogP contribution in [0.2, 0.25) is 0 Å². The predicted molar refractivity (Wildman–Crippen MR) is 143 cm³/mol. The lowest BCUT2D eigenvalue weighted by Crippen LogP contribution is -2.24. The van der Waals surface area contributed by atoms with Crippen LogP contribution >= 0.6 is 11.3 Å². The molecule has 0 radical (unpaired) electrons. The standard InChI is InChI=1S/C27H30F4N2O4S2/c1-7-20-24(38-25(32-20)26(5,6)35)39(36,37)13-21(34)33-23-15(4)22(28)19(12-18(23)14(2)3)16-9-8-10-17(11-16)27(29,30)31/h8-12,14,35H,7,13H2,1-6H3,(H,33,34). The molecule has 39 heavy (non-hydrogen) atoms. The molecule has 0 spiro atoms. The monoisotopic (exact) mass is 586 g/mol. The Balaban J connectivity index is 1.99. The number of hydrogen-bond donors (Lipinski definition) is 2. The van der Waals surface area contributed by atoms with Crippen LogP contribution in [0.15, 0.2) is 34.5 Å². The number of nitrogens with one attached hydrogen (secondary N) is 1. The SMILES string of the molecule is CCc1nc(C(C)(C)O)sc1S(=O)(=O)CC(=O)Nc1c(C(C)C)cc(-c2cccc(C(F)(F)F)c2)c(F)c1C. The molecule has 0 aliphatic rings. The summed E-state index contributed by atoms with van der Waals surface area (Å²) in [5, 5.41) is 13.0. The van der Waals surface area contributed by atoms with Crippen LogP contribution in [0, 0.1) is 12.7 Å². The molecule has 2 aromatic carbocycles. The molecule has 0 atom stereocenters. The Kier molecular flexibility index (Phi) is 8.64. The van der Waals surface area contributed by atoms with Crippen molar-refractivity contribution in [2.45, 2.75) is 69.9 Å². The molecule has 0 unspecified atom stereocenters. The van der Waals surface area contributed by atoms with E-state index in [9.17, 15) is 31.5 Å². The zero-order valence-corrected chi connectivity index (χ0v) is 24.0. The van der Waals surface area contributed by atoms with E-state index in [1.54, 1.807) is 20.8 Å². The maximum atomic E-state index is 15.5. The molecule has 12 heteroatoms. The number of halogens is 4. The lowest BCUT2D eigenvalue weighted by atomic mass is 9.91. The quantitative estimate of drug-likeness (QED) is 0.290.